The van der Waals surface area contributed by atoms with Gasteiger partial charge >= 0.3 is 0 Å². The second kappa shape index (κ2) is 7.56. The maximum absolute atomic E-state index is 12.5. The lowest BCUT2D eigenvalue weighted by molar-refractivity contribution is -0.115. The van der Waals surface area contributed by atoms with Crippen LogP contribution in [-0.4, -0.2) is 25.9 Å². The Morgan fingerprint density at radius 2 is 1.96 bits per heavy atom. The summed E-state index contributed by atoms with van der Waals surface area (Å²) in [5, 5.41) is 8.00. The maximum atomic E-state index is 12.5. The second-order valence-corrected chi connectivity index (χ2v) is 8.20. The molecule has 0 aliphatic heterocycles. The van der Waals surface area contributed by atoms with Crippen LogP contribution in [0.4, 0.5) is 5.69 Å². The van der Waals surface area contributed by atoms with Crippen LogP contribution in [0.3, 0.4) is 0 Å². The fourth-order valence-corrected chi connectivity index (χ4v) is 3.65. The van der Waals surface area contributed by atoms with Crippen molar-refractivity contribution in [2.24, 2.45) is 0 Å². The number of para-hydroxylation sites is 1. The summed E-state index contributed by atoms with van der Waals surface area (Å²) in [6, 6.07) is 17.9. The number of rotatable bonds is 6. The Balaban J connectivity index is 1.49. The van der Waals surface area contributed by atoms with Crippen LogP contribution in [0, 0.1) is 6.92 Å². The van der Waals surface area contributed by atoms with Gasteiger partial charge < -0.3 is 5.32 Å². The molecule has 1 fully saturated rings. The molecule has 4 rings (SSSR count). The Bertz CT molecular complexity index is 950. The SMILES string of the molecule is Cc1cccc(NC(=O)C(C)Sc2nc(C3CC3)n(-c3ccccc3)n2)c1. The van der Waals surface area contributed by atoms with Crippen molar-refractivity contribution in [2.75, 3.05) is 5.32 Å². The van der Waals surface area contributed by atoms with Crippen LogP contribution < -0.4 is 5.32 Å². The number of aromatic nitrogens is 3. The zero-order chi connectivity index (χ0) is 18.8. The lowest BCUT2D eigenvalue weighted by Crippen LogP contribution is -2.22. The molecule has 1 aliphatic rings. The fourth-order valence-electron chi connectivity index (χ4n) is 2.90. The Morgan fingerprint density at radius 3 is 2.67 bits per heavy atom. The van der Waals surface area contributed by atoms with Gasteiger partial charge in [-0.2, -0.15) is 0 Å². The molecule has 1 amide bonds. The number of hydrogen-bond acceptors (Lipinski definition) is 4. The summed E-state index contributed by atoms with van der Waals surface area (Å²) in [6.45, 7) is 3.89. The van der Waals surface area contributed by atoms with Gasteiger partial charge in [0.25, 0.3) is 0 Å². The number of thioether (sulfide) groups is 1. The Hall–Kier alpha value is -2.60. The average Bonchev–Trinajstić information content (AvgIpc) is 3.43. The predicted molar refractivity (Wildman–Crippen MR) is 108 cm³/mol. The third kappa shape index (κ3) is 4.22. The van der Waals surface area contributed by atoms with Crippen molar-refractivity contribution in [3.8, 4) is 5.69 Å². The van der Waals surface area contributed by atoms with Gasteiger partial charge in [-0.25, -0.2) is 9.67 Å². The average molecular weight is 379 g/mol. The van der Waals surface area contributed by atoms with Gasteiger partial charge in [0.15, 0.2) is 0 Å². The number of hydrogen-bond donors (Lipinski definition) is 1. The van der Waals surface area contributed by atoms with Gasteiger partial charge in [-0.15, -0.1) is 5.10 Å². The van der Waals surface area contributed by atoms with E-state index in [0.717, 1.165) is 35.6 Å². The van der Waals surface area contributed by atoms with Crippen LogP contribution in [0.5, 0.6) is 0 Å². The number of carbonyl (C=O) groups excluding carboxylic acids is 1. The van der Waals surface area contributed by atoms with Gasteiger partial charge in [-0.1, -0.05) is 42.1 Å². The van der Waals surface area contributed by atoms with Crippen LogP contribution in [-0.2, 0) is 4.79 Å². The lowest BCUT2D eigenvalue weighted by atomic mass is 10.2. The summed E-state index contributed by atoms with van der Waals surface area (Å²) < 4.78 is 1.92. The molecular weight excluding hydrogens is 356 g/mol. The number of carbonyl (C=O) groups is 1. The lowest BCUT2D eigenvalue weighted by Gasteiger charge is -2.10. The van der Waals surface area contributed by atoms with Crippen molar-refractivity contribution < 1.29 is 4.79 Å². The van der Waals surface area contributed by atoms with Crippen LogP contribution in [0.1, 0.15) is 37.1 Å². The number of anilines is 1. The van der Waals surface area contributed by atoms with Gasteiger partial charge in [0.2, 0.25) is 11.1 Å². The van der Waals surface area contributed by atoms with Crippen LogP contribution in [0.25, 0.3) is 5.69 Å². The summed E-state index contributed by atoms with van der Waals surface area (Å²) in [6.07, 6.45) is 2.30. The zero-order valence-corrected chi connectivity index (χ0v) is 16.2. The molecule has 1 atom stereocenters. The van der Waals surface area contributed by atoms with E-state index in [2.05, 4.69) is 10.4 Å². The first-order valence-corrected chi connectivity index (χ1v) is 10.0. The number of nitrogens with one attached hydrogen (secondary N) is 1. The van der Waals surface area contributed by atoms with Crippen molar-refractivity contribution in [3.63, 3.8) is 0 Å². The molecule has 0 radical (unpaired) electrons. The van der Waals surface area contributed by atoms with Gasteiger partial charge in [0.05, 0.1) is 10.9 Å². The van der Waals surface area contributed by atoms with E-state index >= 15 is 0 Å². The highest BCUT2D eigenvalue weighted by Crippen LogP contribution is 2.40. The van der Waals surface area contributed by atoms with E-state index in [4.69, 9.17) is 4.98 Å². The minimum Gasteiger partial charge on any atom is -0.325 e. The molecule has 1 aromatic heterocycles. The van der Waals surface area contributed by atoms with Crippen LogP contribution in [0.15, 0.2) is 59.8 Å². The Labute approximate surface area is 163 Å². The predicted octanol–water partition coefficient (Wildman–Crippen LogP) is 4.57. The number of nitrogens with zero attached hydrogens (tertiary/aromatic N) is 3. The Kier molecular flexibility index (Phi) is 4.99. The monoisotopic (exact) mass is 378 g/mol. The van der Waals surface area contributed by atoms with E-state index in [-0.39, 0.29) is 11.2 Å². The maximum Gasteiger partial charge on any atom is 0.237 e. The van der Waals surface area contributed by atoms with Crippen molar-refractivity contribution in [1.29, 1.82) is 0 Å². The van der Waals surface area contributed by atoms with E-state index in [0.29, 0.717) is 11.1 Å². The van der Waals surface area contributed by atoms with E-state index in [1.54, 1.807) is 0 Å². The molecule has 1 heterocycles. The normalized spacial score (nSPS) is 14.7. The summed E-state index contributed by atoms with van der Waals surface area (Å²) in [5.74, 6) is 1.42. The van der Waals surface area contributed by atoms with E-state index < -0.39 is 0 Å². The first kappa shape index (κ1) is 17.8. The van der Waals surface area contributed by atoms with E-state index in [1.165, 1.54) is 11.8 Å². The molecule has 6 heteroatoms. The molecule has 1 N–H and O–H groups in total. The van der Waals surface area contributed by atoms with Gasteiger partial charge in [-0.05, 0) is 56.5 Å². The topological polar surface area (TPSA) is 59.8 Å². The first-order valence-electron chi connectivity index (χ1n) is 9.17. The van der Waals surface area contributed by atoms with Crippen LogP contribution >= 0.6 is 11.8 Å². The van der Waals surface area contributed by atoms with Crippen molar-refractivity contribution in [2.45, 2.75) is 43.0 Å². The molecule has 0 spiro atoms. The summed E-state index contributed by atoms with van der Waals surface area (Å²) >= 11 is 1.39. The molecule has 5 nitrogen and oxygen atoms in total. The molecule has 2 aromatic carbocycles. The third-order valence-electron chi connectivity index (χ3n) is 4.49. The molecule has 3 aromatic rings. The minimum atomic E-state index is -0.288. The van der Waals surface area contributed by atoms with E-state index in [1.807, 2.05) is 73.1 Å². The zero-order valence-electron chi connectivity index (χ0n) is 15.4. The summed E-state index contributed by atoms with van der Waals surface area (Å²) in [4.78, 5) is 17.3. The first-order chi connectivity index (χ1) is 13.1. The van der Waals surface area contributed by atoms with Crippen molar-refractivity contribution in [3.05, 3.63) is 66.0 Å². The van der Waals surface area contributed by atoms with Crippen LogP contribution in [0.2, 0.25) is 0 Å². The molecule has 27 heavy (non-hydrogen) atoms. The summed E-state index contributed by atoms with van der Waals surface area (Å²) in [5.41, 5.74) is 2.94. The number of aryl methyl sites for hydroxylation is 1. The molecular formula is C21H22N4OS. The summed E-state index contributed by atoms with van der Waals surface area (Å²) in [7, 11) is 0. The largest absolute Gasteiger partial charge is 0.325 e. The molecule has 1 saturated carbocycles. The third-order valence-corrected chi connectivity index (χ3v) is 5.44. The van der Waals surface area contributed by atoms with E-state index in [9.17, 15) is 4.79 Å². The number of amides is 1. The standard InChI is InChI=1S/C21H22N4OS/c1-14-7-6-8-17(13-14)22-20(26)15(2)27-21-23-19(16-11-12-16)25(24-21)18-9-4-3-5-10-18/h3-10,13,15-16H,11-12H2,1-2H3,(H,22,26). The van der Waals surface area contributed by atoms with Gasteiger partial charge in [0, 0.05) is 11.6 Å². The van der Waals surface area contributed by atoms with Crippen molar-refractivity contribution >= 4 is 23.4 Å². The quantitative estimate of drug-likeness (QED) is 0.638. The highest BCUT2D eigenvalue weighted by Gasteiger charge is 2.31. The minimum absolute atomic E-state index is 0.0466. The molecule has 138 valence electrons. The highest BCUT2D eigenvalue weighted by atomic mass is 32.2. The molecule has 1 aliphatic carbocycles. The number of benzene rings is 2. The van der Waals surface area contributed by atoms with Gasteiger partial charge in [-0.3, -0.25) is 4.79 Å². The molecule has 0 saturated heterocycles. The van der Waals surface area contributed by atoms with Crippen molar-refractivity contribution in [1.82, 2.24) is 14.8 Å². The molecule has 0 bridgehead atoms. The van der Waals surface area contributed by atoms with Gasteiger partial charge in [0.1, 0.15) is 5.82 Å². The Morgan fingerprint density at radius 1 is 1.19 bits per heavy atom. The fraction of sp³-hybridized carbons (Fsp3) is 0.286. The second-order valence-electron chi connectivity index (χ2n) is 6.89. The smallest absolute Gasteiger partial charge is 0.237 e. The highest BCUT2D eigenvalue weighted by molar-refractivity contribution is 8.00. The molecule has 1 unspecified atom stereocenters.